The van der Waals surface area contributed by atoms with E-state index in [2.05, 4.69) is 10.3 Å². The van der Waals surface area contributed by atoms with Crippen LogP contribution >= 0.6 is 0 Å². The monoisotopic (exact) mass is 407 g/mol. The van der Waals surface area contributed by atoms with Crippen molar-refractivity contribution in [2.45, 2.75) is 52.4 Å². The topological polar surface area (TPSA) is 108 Å². The lowest BCUT2D eigenvalue weighted by molar-refractivity contribution is 0.102. The van der Waals surface area contributed by atoms with Crippen molar-refractivity contribution in [2.75, 3.05) is 11.1 Å². The molecule has 1 heterocycles. The summed E-state index contributed by atoms with van der Waals surface area (Å²) < 4.78 is 0. The quantitative estimate of drug-likeness (QED) is 0.463. The van der Waals surface area contributed by atoms with Crippen LogP contribution in [0.4, 0.5) is 11.4 Å². The number of carbonyl (C=O) groups excluding carboxylic acids is 1. The molecule has 1 amide bonds. The number of aromatic hydroxyl groups is 1. The minimum absolute atomic E-state index is 0.0420. The van der Waals surface area contributed by atoms with Crippen molar-refractivity contribution in [3.63, 3.8) is 0 Å². The molecule has 0 aliphatic rings. The van der Waals surface area contributed by atoms with Gasteiger partial charge in [-0.25, -0.2) is 0 Å². The number of aromatic nitrogens is 1. The molecule has 0 unspecified atom stereocenters. The van der Waals surface area contributed by atoms with Crippen molar-refractivity contribution in [2.24, 2.45) is 0 Å². The Morgan fingerprint density at radius 3 is 2.27 bits per heavy atom. The minimum atomic E-state index is -0.560. The molecule has 6 nitrogen and oxygen atoms in total. The molecule has 2 aromatic carbocycles. The molecule has 0 fully saturated rings. The van der Waals surface area contributed by atoms with Crippen molar-refractivity contribution >= 4 is 28.2 Å². The van der Waals surface area contributed by atoms with Crippen LogP contribution in [-0.4, -0.2) is 16.0 Å². The van der Waals surface area contributed by atoms with Crippen molar-refractivity contribution < 1.29 is 9.90 Å². The molecule has 0 spiro atoms. The number of nitrogens with two attached hydrogens (primary N) is 1. The summed E-state index contributed by atoms with van der Waals surface area (Å²) in [6.07, 6.45) is 1.39. The van der Waals surface area contributed by atoms with E-state index in [1.807, 2.05) is 47.6 Å². The smallest absolute Gasteiger partial charge is 0.261 e. The van der Waals surface area contributed by atoms with E-state index in [1.165, 1.54) is 6.20 Å². The molecular weight excluding hydrogens is 378 g/mol. The fourth-order valence-electron chi connectivity index (χ4n) is 3.57. The second kappa shape index (κ2) is 7.20. The van der Waals surface area contributed by atoms with Crippen molar-refractivity contribution in [3.05, 3.63) is 63.4 Å². The number of nitrogens with one attached hydrogen (secondary N) is 2. The Morgan fingerprint density at radius 2 is 1.67 bits per heavy atom. The Hall–Kier alpha value is -3.28. The second-order valence-electron chi connectivity index (χ2n) is 9.67. The third-order valence-electron chi connectivity index (χ3n) is 5.19. The lowest BCUT2D eigenvalue weighted by Gasteiger charge is -2.28. The van der Waals surface area contributed by atoms with Gasteiger partial charge in [0, 0.05) is 23.6 Å². The maximum Gasteiger partial charge on any atom is 0.261 e. The van der Waals surface area contributed by atoms with Crippen molar-refractivity contribution in [3.8, 4) is 5.75 Å². The Balaban J connectivity index is 2.11. The van der Waals surface area contributed by atoms with Gasteiger partial charge in [-0.15, -0.1) is 0 Å². The summed E-state index contributed by atoms with van der Waals surface area (Å²) >= 11 is 0. The van der Waals surface area contributed by atoms with Gasteiger partial charge in [0.25, 0.3) is 5.91 Å². The van der Waals surface area contributed by atoms with Crippen LogP contribution < -0.4 is 16.5 Å². The zero-order chi connectivity index (χ0) is 22.4. The number of hydrogen-bond acceptors (Lipinski definition) is 4. The Morgan fingerprint density at radius 1 is 1.03 bits per heavy atom. The van der Waals surface area contributed by atoms with E-state index in [-0.39, 0.29) is 27.5 Å². The Labute approximate surface area is 176 Å². The zero-order valence-electron chi connectivity index (χ0n) is 18.3. The van der Waals surface area contributed by atoms with E-state index in [1.54, 1.807) is 24.3 Å². The number of carbonyl (C=O) groups is 1. The number of phenolic OH excluding ortho intramolecular Hbond substituents is 1. The number of aromatic amines is 1. The molecule has 0 bridgehead atoms. The highest BCUT2D eigenvalue weighted by molar-refractivity contribution is 6.07. The van der Waals surface area contributed by atoms with E-state index in [0.717, 1.165) is 11.1 Å². The summed E-state index contributed by atoms with van der Waals surface area (Å²) in [6, 6.07) is 8.58. The third kappa shape index (κ3) is 3.90. The summed E-state index contributed by atoms with van der Waals surface area (Å²) in [5, 5.41) is 13.7. The molecule has 3 rings (SSSR count). The number of anilines is 2. The first kappa shape index (κ1) is 21.4. The number of amides is 1. The molecule has 3 aromatic rings. The number of pyridine rings is 1. The molecular formula is C24H29N3O3. The van der Waals surface area contributed by atoms with Gasteiger partial charge < -0.3 is 21.1 Å². The summed E-state index contributed by atoms with van der Waals surface area (Å²) in [4.78, 5) is 28.9. The summed E-state index contributed by atoms with van der Waals surface area (Å²) in [7, 11) is 0. The summed E-state index contributed by atoms with van der Waals surface area (Å²) in [5.74, 6) is -0.461. The summed E-state index contributed by atoms with van der Waals surface area (Å²) in [5.41, 5.74) is 7.93. The van der Waals surface area contributed by atoms with Gasteiger partial charge in [-0.1, -0.05) is 47.6 Å². The number of phenols is 1. The first-order chi connectivity index (χ1) is 13.8. The lowest BCUT2D eigenvalue weighted by atomic mass is 9.79. The van der Waals surface area contributed by atoms with Crippen LogP contribution in [0, 0.1) is 0 Å². The standard InChI is InChI=1S/C24H29N3O3/c1-23(2,3)14-10-15(24(4,5)6)19(28)11-18(14)27-22(30)13-12-26-17-9-7-8-16(25)20(17)21(13)29/h7-12,28H,25H2,1-6H3,(H,26,29)(H,27,30). The fraction of sp³-hybridized carbons (Fsp3) is 0.333. The average molecular weight is 408 g/mol. The normalized spacial score (nSPS) is 12.2. The highest BCUT2D eigenvalue weighted by Crippen LogP contribution is 2.39. The molecule has 0 radical (unpaired) electrons. The van der Waals surface area contributed by atoms with Crippen molar-refractivity contribution in [1.82, 2.24) is 4.98 Å². The zero-order valence-corrected chi connectivity index (χ0v) is 18.3. The molecule has 0 saturated heterocycles. The van der Waals surface area contributed by atoms with Crippen LogP contribution in [0.5, 0.6) is 5.75 Å². The maximum absolute atomic E-state index is 13.0. The predicted octanol–water partition coefficient (Wildman–Crippen LogP) is 4.66. The molecule has 1 aromatic heterocycles. The highest BCUT2D eigenvalue weighted by Gasteiger charge is 2.26. The predicted molar refractivity (Wildman–Crippen MR) is 122 cm³/mol. The maximum atomic E-state index is 13.0. The lowest BCUT2D eigenvalue weighted by Crippen LogP contribution is -2.25. The molecule has 6 heteroatoms. The van der Waals surface area contributed by atoms with Gasteiger partial charge in [0.15, 0.2) is 0 Å². The number of hydrogen-bond donors (Lipinski definition) is 4. The molecule has 0 atom stereocenters. The van der Waals surface area contributed by atoms with Crippen LogP contribution in [0.2, 0.25) is 0 Å². The van der Waals surface area contributed by atoms with Gasteiger partial charge in [0.05, 0.1) is 10.9 Å². The molecule has 30 heavy (non-hydrogen) atoms. The third-order valence-corrected chi connectivity index (χ3v) is 5.19. The van der Waals surface area contributed by atoms with Crippen LogP contribution in [0.3, 0.4) is 0 Å². The number of fused-ring (bicyclic) bond motifs is 1. The first-order valence-corrected chi connectivity index (χ1v) is 9.90. The van der Waals surface area contributed by atoms with Gasteiger partial charge in [0.2, 0.25) is 5.43 Å². The number of benzene rings is 2. The highest BCUT2D eigenvalue weighted by atomic mass is 16.3. The van der Waals surface area contributed by atoms with Crippen LogP contribution in [0.15, 0.2) is 41.3 Å². The molecule has 0 saturated carbocycles. The van der Waals surface area contributed by atoms with E-state index in [9.17, 15) is 14.7 Å². The van der Waals surface area contributed by atoms with Gasteiger partial charge in [0.1, 0.15) is 11.3 Å². The SMILES string of the molecule is CC(C)(C)c1cc(C(C)(C)C)c(NC(=O)c2c[nH]c3cccc(N)c3c2=O)cc1O. The number of rotatable bonds is 2. The average Bonchev–Trinajstić information content (AvgIpc) is 2.59. The Bertz CT molecular complexity index is 1200. The van der Waals surface area contributed by atoms with Gasteiger partial charge >= 0.3 is 0 Å². The largest absolute Gasteiger partial charge is 0.508 e. The van der Waals surface area contributed by atoms with Crippen LogP contribution in [-0.2, 0) is 10.8 Å². The number of H-pyrrole nitrogens is 1. The van der Waals surface area contributed by atoms with Gasteiger partial charge in [-0.3, -0.25) is 9.59 Å². The van der Waals surface area contributed by atoms with E-state index >= 15 is 0 Å². The van der Waals surface area contributed by atoms with Gasteiger partial charge in [-0.2, -0.15) is 0 Å². The summed E-state index contributed by atoms with van der Waals surface area (Å²) in [6.45, 7) is 12.2. The first-order valence-electron chi connectivity index (χ1n) is 9.90. The number of nitrogen functional groups attached to an aromatic ring is 1. The van der Waals surface area contributed by atoms with Gasteiger partial charge in [-0.05, 0) is 40.2 Å². The van der Waals surface area contributed by atoms with E-state index in [4.69, 9.17) is 5.73 Å². The van der Waals surface area contributed by atoms with Crippen LogP contribution in [0.1, 0.15) is 63.0 Å². The van der Waals surface area contributed by atoms with E-state index in [0.29, 0.717) is 16.9 Å². The van der Waals surface area contributed by atoms with Crippen molar-refractivity contribution in [1.29, 1.82) is 0 Å². The molecule has 158 valence electrons. The van der Waals surface area contributed by atoms with E-state index < -0.39 is 11.3 Å². The minimum Gasteiger partial charge on any atom is -0.508 e. The fourth-order valence-corrected chi connectivity index (χ4v) is 3.57. The molecule has 0 aliphatic heterocycles. The second-order valence-corrected chi connectivity index (χ2v) is 9.67. The molecule has 5 N–H and O–H groups in total. The Kier molecular flexibility index (Phi) is 5.14. The van der Waals surface area contributed by atoms with Crippen LogP contribution in [0.25, 0.3) is 10.9 Å². The molecule has 0 aliphatic carbocycles.